The minimum atomic E-state index is -3.83. The lowest BCUT2D eigenvalue weighted by molar-refractivity contribution is -0.119. The van der Waals surface area contributed by atoms with Gasteiger partial charge in [-0.25, -0.2) is 8.42 Å². The van der Waals surface area contributed by atoms with Gasteiger partial charge in [0.25, 0.3) is 0 Å². The first kappa shape index (κ1) is 13.8. The van der Waals surface area contributed by atoms with Gasteiger partial charge in [0.2, 0.25) is 15.9 Å². The number of anilines is 1. The summed E-state index contributed by atoms with van der Waals surface area (Å²) in [5, 5.41) is 0.256. The average Bonchev–Trinajstić information content (AvgIpc) is 2.21. The van der Waals surface area contributed by atoms with E-state index in [1.54, 1.807) is 0 Å². The lowest BCUT2D eigenvalue weighted by atomic mass is 10.3. The molecule has 0 aliphatic rings. The molecule has 5 N–H and O–H groups in total. The molecule has 0 heterocycles. The molecule has 0 saturated carbocycles. The maximum Gasteiger partial charge on any atom is 0.241 e. The Kier molecular flexibility index (Phi) is 3.97. The van der Waals surface area contributed by atoms with Crippen LogP contribution in [0.2, 0.25) is 5.02 Å². The van der Waals surface area contributed by atoms with Crippen LogP contribution < -0.4 is 16.2 Å². The molecule has 0 aromatic heterocycles. The largest absolute Gasteiger partial charge is 0.397 e. The predicted molar refractivity (Wildman–Crippen MR) is 64.8 cm³/mol. The summed E-state index contributed by atoms with van der Waals surface area (Å²) in [6.07, 6.45) is 0. The van der Waals surface area contributed by atoms with E-state index in [0.29, 0.717) is 0 Å². The van der Waals surface area contributed by atoms with E-state index in [4.69, 9.17) is 23.1 Å². The number of halogens is 1. The Morgan fingerprint density at radius 2 is 2.06 bits per heavy atom. The molecule has 0 saturated heterocycles. The van der Waals surface area contributed by atoms with Crippen molar-refractivity contribution in [2.75, 3.05) is 5.73 Å². The van der Waals surface area contributed by atoms with Gasteiger partial charge in [0.05, 0.1) is 21.6 Å². The molecule has 1 amide bonds. The molecule has 1 atom stereocenters. The fourth-order valence-electron chi connectivity index (χ4n) is 1.05. The molecule has 1 aromatic rings. The Morgan fingerprint density at radius 3 is 2.53 bits per heavy atom. The van der Waals surface area contributed by atoms with Crippen molar-refractivity contribution in [2.45, 2.75) is 17.9 Å². The van der Waals surface area contributed by atoms with E-state index >= 15 is 0 Å². The van der Waals surface area contributed by atoms with Crippen molar-refractivity contribution < 1.29 is 13.2 Å². The molecule has 0 radical (unpaired) electrons. The zero-order chi connectivity index (χ0) is 13.2. The molecule has 94 valence electrons. The molecule has 0 aliphatic heterocycles. The lowest BCUT2D eigenvalue weighted by Crippen LogP contribution is -2.42. The zero-order valence-electron chi connectivity index (χ0n) is 8.98. The van der Waals surface area contributed by atoms with Crippen molar-refractivity contribution in [3.05, 3.63) is 23.2 Å². The van der Waals surface area contributed by atoms with Crippen molar-refractivity contribution in [3.63, 3.8) is 0 Å². The fraction of sp³-hybridized carbons (Fsp3) is 0.222. The second kappa shape index (κ2) is 4.91. The Morgan fingerprint density at radius 1 is 1.47 bits per heavy atom. The SMILES string of the molecule is CC(NS(=O)(=O)c1ccc(Cl)c(N)c1)C(N)=O. The Hall–Kier alpha value is -1.31. The Balaban J connectivity index is 3.05. The monoisotopic (exact) mass is 277 g/mol. The van der Waals surface area contributed by atoms with Gasteiger partial charge >= 0.3 is 0 Å². The summed E-state index contributed by atoms with van der Waals surface area (Å²) in [4.78, 5) is 10.7. The summed E-state index contributed by atoms with van der Waals surface area (Å²) in [6.45, 7) is 1.35. The highest BCUT2D eigenvalue weighted by molar-refractivity contribution is 7.89. The van der Waals surface area contributed by atoms with Crippen molar-refractivity contribution in [1.82, 2.24) is 4.72 Å². The van der Waals surface area contributed by atoms with Crippen LogP contribution in [0.1, 0.15) is 6.92 Å². The molecule has 1 unspecified atom stereocenters. The van der Waals surface area contributed by atoms with E-state index in [-0.39, 0.29) is 15.6 Å². The summed E-state index contributed by atoms with van der Waals surface area (Å²) in [6, 6.07) is 2.85. The molecular formula is C9H12ClN3O3S. The normalized spacial score (nSPS) is 13.3. The number of rotatable bonds is 4. The van der Waals surface area contributed by atoms with Gasteiger partial charge in [-0.05, 0) is 25.1 Å². The topological polar surface area (TPSA) is 115 Å². The number of carbonyl (C=O) groups is 1. The van der Waals surface area contributed by atoms with Crippen molar-refractivity contribution in [2.24, 2.45) is 5.73 Å². The second-order valence-electron chi connectivity index (χ2n) is 3.43. The highest BCUT2D eigenvalue weighted by Crippen LogP contribution is 2.22. The second-order valence-corrected chi connectivity index (χ2v) is 5.55. The molecule has 0 aliphatic carbocycles. The minimum Gasteiger partial charge on any atom is -0.397 e. The van der Waals surface area contributed by atoms with Crippen molar-refractivity contribution >= 4 is 33.2 Å². The van der Waals surface area contributed by atoms with Gasteiger partial charge < -0.3 is 11.5 Å². The first-order valence-corrected chi connectivity index (χ1v) is 6.47. The van der Waals surface area contributed by atoms with Gasteiger partial charge in [-0.15, -0.1) is 0 Å². The number of amides is 1. The van der Waals surface area contributed by atoms with Gasteiger partial charge in [-0.3, -0.25) is 4.79 Å². The number of hydrogen-bond acceptors (Lipinski definition) is 4. The molecule has 0 bridgehead atoms. The maximum absolute atomic E-state index is 11.8. The first-order chi connectivity index (χ1) is 7.74. The number of hydrogen-bond donors (Lipinski definition) is 3. The van der Waals surface area contributed by atoms with Gasteiger partial charge in [-0.1, -0.05) is 11.6 Å². The number of nitrogen functional groups attached to an aromatic ring is 1. The summed E-state index contributed by atoms with van der Waals surface area (Å²) >= 11 is 5.67. The van der Waals surface area contributed by atoms with Gasteiger partial charge in [0.1, 0.15) is 0 Å². The van der Waals surface area contributed by atoms with E-state index in [1.165, 1.54) is 25.1 Å². The molecule has 1 aromatic carbocycles. The summed E-state index contributed by atoms with van der Waals surface area (Å²) in [7, 11) is -3.83. The number of nitrogens with one attached hydrogen (secondary N) is 1. The quantitative estimate of drug-likeness (QED) is 0.676. The van der Waals surface area contributed by atoms with Crippen molar-refractivity contribution in [3.8, 4) is 0 Å². The maximum atomic E-state index is 11.8. The molecule has 0 fully saturated rings. The molecule has 8 heteroatoms. The van der Waals surface area contributed by atoms with Crippen LogP contribution in [0, 0.1) is 0 Å². The number of primary amides is 1. The third-order valence-corrected chi connectivity index (χ3v) is 3.92. The standard InChI is InChI=1S/C9H12ClN3O3S/c1-5(9(12)14)13-17(15,16)6-2-3-7(10)8(11)4-6/h2-5,13H,11H2,1H3,(H2,12,14). The van der Waals surface area contributed by atoms with Gasteiger partial charge in [0.15, 0.2) is 0 Å². The predicted octanol–water partition coefficient (Wildman–Crippen LogP) is 0.0743. The van der Waals surface area contributed by atoms with E-state index < -0.39 is 22.0 Å². The van der Waals surface area contributed by atoms with Crippen LogP contribution >= 0.6 is 11.6 Å². The number of benzene rings is 1. The fourth-order valence-corrected chi connectivity index (χ4v) is 2.41. The smallest absolute Gasteiger partial charge is 0.241 e. The number of carbonyl (C=O) groups excluding carboxylic acids is 1. The molecular weight excluding hydrogens is 266 g/mol. The van der Waals surface area contributed by atoms with Crippen LogP contribution in [0.5, 0.6) is 0 Å². The van der Waals surface area contributed by atoms with E-state index in [1.807, 2.05) is 0 Å². The van der Waals surface area contributed by atoms with Crippen LogP contribution in [0.4, 0.5) is 5.69 Å². The van der Waals surface area contributed by atoms with Crippen LogP contribution in [-0.2, 0) is 14.8 Å². The van der Waals surface area contributed by atoms with E-state index in [9.17, 15) is 13.2 Å². The van der Waals surface area contributed by atoms with Gasteiger partial charge in [-0.2, -0.15) is 4.72 Å². The summed E-state index contributed by atoms with van der Waals surface area (Å²) < 4.78 is 25.7. The van der Waals surface area contributed by atoms with E-state index in [2.05, 4.69) is 4.72 Å². The first-order valence-electron chi connectivity index (χ1n) is 4.60. The van der Waals surface area contributed by atoms with Gasteiger partial charge in [0, 0.05) is 0 Å². The van der Waals surface area contributed by atoms with Crippen molar-refractivity contribution in [1.29, 1.82) is 0 Å². The third kappa shape index (κ3) is 3.32. The summed E-state index contributed by atoms with van der Waals surface area (Å²) in [5.41, 5.74) is 10.6. The lowest BCUT2D eigenvalue weighted by Gasteiger charge is -2.11. The van der Waals surface area contributed by atoms with Crippen LogP contribution in [0.25, 0.3) is 0 Å². The molecule has 17 heavy (non-hydrogen) atoms. The zero-order valence-corrected chi connectivity index (χ0v) is 10.5. The highest BCUT2D eigenvalue weighted by Gasteiger charge is 2.20. The highest BCUT2D eigenvalue weighted by atomic mass is 35.5. The molecule has 1 rings (SSSR count). The number of nitrogens with two attached hydrogens (primary N) is 2. The Bertz CT molecular complexity index is 544. The number of sulfonamides is 1. The average molecular weight is 278 g/mol. The van der Waals surface area contributed by atoms with E-state index in [0.717, 1.165) is 0 Å². The molecule has 6 nitrogen and oxygen atoms in total. The van der Waals surface area contributed by atoms with Crippen LogP contribution in [-0.4, -0.2) is 20.4 Å². The third-order valence-electron chi connectivity index (χ3n) is 2.04. The van der Waals surface area contributed by atoms with Crippen LogP contribution in [0.3, 0.4) is 0 Å². The van der Waals surface area contributed by atoms with Crippen LogP contribution in [0.15, 0.2) is 23.1 Å². The summed E-state index contributed by atoms with van der Waals surface area (Å²) in [5.74, 6) is -0.768. The minimum absolute atomic E-state index is 0.0764. The molecule has 0 spiro atoms. The Labute approximate surface area is 104 Å².